The number of rotatable bonds is 1. The lowest BCUT2D eigenvalue weighted by Crippen LogP contribution is -2.57. The van der Waals surface area contributed by atoms with Gasteiger partial charge in [-0.1, -0.05) is 19.4 Å². The van der Waals surface area contributed by atoms with E-state index in [0.717, 1.165) is 49.4 Å². The molecule has 146 valence electrons. The van der Waals surface area contributed by atoms with E-state index in [2.05, 4.69) is 13.8 Å². The van der Waals surface area contributed by atoms with Crippen LogP contribution < -0.4 is 0 Å². The average molecular weight is 369 g/mol. The highest BCUT2D eigenvalue weighted by Gasteiger charge is 2.79. The molecule has 3 nitrogen and oxygen atoms in total. The summed E-state index contributed by atoms with van der Waals surface area (Å²) in [5.74, 6) is 5.42. The fourth-order valence-electron chi connectivity index (χ4n) is 9.36. The molecule has 5 unspecified atom stereocenters. The summed E-state index contributed by atoms with van der Waals surface area (Å²) in [5.41, 5.74) is 1.57. The van der Waals surface area contributed by atoms with Crippen molar-refractivity contribution in [1.29, 1.82) is 0 Å². The van der Waals surface area contributed by atoms with Crippen LogP contribution in [-0.4, -0.2) is 17.4 Å². The molecule has 0 aromatic rings. The number of carbonyl (C=O) groups excluding carboxylic acids is 2. The molecule has 0 aromatic heterocycles. The van der Waals surface area contributed by atoms with Crippen LogP contribution in [-0.2, 0) is 14.3 Å². The van der Waals surface area contributed by atoms with Gasteiger partial charge in [-0.05, 0) is 86.5 Å². The fraction of sp³-hybridized carbons (Fsp3) is 0.833. The molecule has 9 atom stereocenters. The van der Waals surface area contributed by atoms with Gasteiger partial charge in [-0.2, -0.15) is 0 Å². The van der Waals surface area contributed by atoms with Crippen LogP contribution in [0.2, 0.25) is 0 Å². The molecule has 6 rings (SSSR count). The first-order valence-corrected chi connectivity index (χ1v) is 11.5. The van der Waals surface area contributed by atoms with Crippen molar-refractivity contribution in [3.05, 3.63) is 11.6 Å². The predicted octanol–water partition coefficient (Wildman–Crippen LogP) is 4.70. The lowest BCUT2D eigenvalue weighted by molar-refractivity contribution is -0.181. The van der Waals surface area contributed by atoms with E-state index in [1.165, 1.54) is 31.3 Å². The minimum Gasteiger partial charge on any atom is -0.458 e. The molecule has 3 heteroatoms. The molecule has 5 fully saturated rings. The van der Waals surface area contributed by atoms with Crippen LogP contribution >= 0.6 is 0 Å². The SMILES string of the molecule is CCC12CCC3C4CCC(=O)C=C4C[C@H](C)C3C1[C@H]1C[C@H]1[C@@]21CCC(=O)O1. The average Bonchev–Trinajstić information content (AvgIpc) is 3.30. The Kier molecular flexibility index (Phi) is 3.28. The van der Waals surface area contributed by atoms with Gasteiger partial charge in [0.05, 0.1) is 0 Å². The van der Waals surface area contributed by atoms with Gasteiger partial charge in [0.1, 0.15) is 5.60 Å². The van der Waals surface area contributed by atoms with E-state index in [1.54, 1.807) is 0 Å². The lowest BCUT2D eigenvalue weighted by Gasteiger charge is -2.60. The van der Waals surface area contributed by atoms with Crippen LogP contribution in [0.4, 0.5) is 0 Å². The largest absolute Gasteiger partial charge is 0.458 e. The molecule has 0 radical (unpaired) electrons. The van der Waals surface area contributed by atoms with Crippen molar-refractivity contribution in [2.24, 2.45) is 46.8 Å². The summed E-state index contributed by atoms with van der Waals surface area (Å²) < 4.78 is 6.27. The van der Waals surface area contributed by atoms with E-state index in [1.807, 2.05) is 6.08 Å². The van der Waals surface area contributed by atoms with E-state index in [9.17, 15) is 9.59 Å². The Morgan fingerprint density at radius 1 is 1.15 bits per heavy atom. The minimum absolute atomic E-state index is 0.0592. The van der Waals surface area contributed by atoms with Crippen LogP contribution in [0, 0.1) is 46.8 Å². The van der Waals surface area contributed by atoms with Crippen LogP contribution in [0.15, 0.2) is 11.6 Å². The second kappa shape index (κ2) is 5.27. The standard InChI is InChI=1S/C24H32O3/c1-3-23-8-6-17-16-5-4-15(25)11-14(16)10-13(2)21(17)22(23)18-12-19(18)24(23)9-7-20(26)27-24/h11,13,16-19,21-22H,3-10,12H2,1-2H3/t13-,16?,17?,18-,19+,21?,22?,23?,24-/m0/s1. The molecule has 27 heavy (non-hydrogen) atoms. The molecular formula is C24H32O3. The van der Waals surface area contributed by atoms with Gasteiger partial charge in [-0.3, -0.25) is 9.59 Å². The molecular weight excluding hydrogens is 336 g/mol. The first-order chi connectivity index (χ1) is 13.0. The van der Waals surface area contributed by atoms with Gasteiger partial charge in [-0.15, -0.1) is 0 Å². The third-order valence-electron chi connectivity index (χ3n) is 10.1. The number of fused-ring (bicyclic) bond motifs is 9. The van der Waals surface area contributed by atoms with Gasteiger partial charge in [0.2, 0.25) is 0 Å². The molecule has 1 aliphatic heterocycles. The molecule has 0 amide bonds. The lowest BCUT2D eigenvalue weighted by atomic mass is 9.46. The van der Waals surface area contributed by atoms with Gasteiger partial charge in [0.15, 0.2) is 5.78 Å². The number of ether oxygens (including phenoxy) is 1. The molecule has 1 spiro atoms. The van der Waals surface area contributed by atoms with E-state index in [-0.39, 0.29) is 17.0 Å². The molecule has 0 aromatic carbocycles. The highest BCUT2D eigenvalue weighted by Crippen LogP contribution is 2.79. The Hall–Kier alpha value is -1.12. The number of hydrogen-bond acceptors (Lipinski definition) is 3. The molecule has 6 aliphatic rings. The van der Waals surface area contributed by atoms with Crippen LogP contribution in [0.3, 0.4) is 0 Å². The fourth-order valence-corrected chi connectivity index (χ4v) is 9.36. The number of esters is 1. The topological polar surface area (TPSA) is 43.4 Å². The predicted molar refractivity (Wildman–Crippen MR) is 102 cm³/mol. The van der Waals surface area contributed by atoms with Crippen molar-refractivity contribution >= 4 is 11.8 Å². The van der Waals surface area contributed by atoms with E-state index >= 15 is 0 Å². The zero-order valence-corrected chi connectivity index (χ0v) is 16.7. The molecule has 0 N–H and O–H groups in total. The van der Waals surface area contributed by atoms with Crippen molar-refractivity contribution in [2.45, 2.75) is 77.2 Å². The monoisotopic (exact) mass is 368 g/mol. The van der Waals surface area contributed by atoms with Crippen molar-refractivity contribution in [3.63, 3.8) is 0 Å². The summed E-state index contributed by atoms with van der Waals surface area (Å²) in [7, 11) is 0. The first-order valence-electron chi connectivity index (χ1n) is 11.5. The number of carbonyl (C=O) groups is 2. The summed E-state index contributed by atoms with van der Waals surface area (Å²) in [5, 5.41) is 0. The van der Waals surface area contributed by atoms with Gasteiger partial charge >= 0.3 is 5.97 Å². The third-order valence-corrected chi connectivity index (χ3v) is 10.1. The Labute approximate surface area is 162 Å². The second-order valence-corrected chi connectivity index (χ2v) is 10.7. The Bertz CT molecular complexity index is 753. The summed E-state index contributed by atoms with van der Waals surface area (Å²) in [6.07, 6.45) is 11.6. The number of allylic oxidation sites excluding steroid dienone is 1. The van der Waals surface area contributed by atoms with E-state index < -0.39 is 0 Å². The minimum atomic E-state index is -0.127. The molecule has 5 aliphatic carbocycles. The highest BCUT2D eigenvalue weighted by molar-refractivity contribution is 5.91. The van der Waals surface area contributed by atoms with Gasteiger partial charge < -0.3 is 4.74 Å². The van der Waals surface area contributed by atoms with Gasteiger partial charge in [0, 0.05) is 24.2 Å². The maximum Gasteiger partial charge on any atom is 0.306 e. The summed E-state index contributed by atoms with van der Waals surface area (Å²) in [6, 6.07) is 0. The Balaban J connectivity index is 1.42. The summed E-state index contributed by atoms with van der Waals surface area (Å²) in [6.45, 7) is 4.81. The second-order valence-electron chi connectivity index (χ2n) is 10.7. The third kappa shape index (κ3) is 1.90. The Morgan fingerprint density at radius 2 is 2.00 bits per heavy atom. The molecule has 4 saturated carbocycles. The van der Waals surface area contributed by atoms with Crippen LogP contribution in [0.25, 0.3) is 0 Å². The molecule has 0 bridgehead atoms. The van der Waals surface area contributed by atoms with Crippen molar-refractivity contribution in [2.75, 3.05) is 0 Å². The highest BCUT2D eigenvalue weighted by atomic mass is 16.6. The quantitative estimate of drug-likeness (QED) is 0.630. The molecule has 1 heterocycles. The van der Waals surface area contributed by atoms with Crippen molar-refractivity contribution in [1.82, 2.24) is 0 Å². The maximum atomic E-state index is 12.2. The van der Waals surface area contributed by atoms with Gasteiger partial charge in [-0.25, -0.2) is 0 Å². The normalized spacial score (nSPS) is 55.3. The smallest absolute Gasteiger partial charge is 0.306 e. The first kappa shape index (κ1) is 16.8. The zero-order valence-electron chi connectivity index (χ0n) is 16.7. The van der Waals surface area contributed by atoms with Gasteiger partial charge in [0.25, 0.3) is 0 Å². The van der Waals surface area contributed by atoms with E-state index in [4.69, 9.17) is 4.74 Å². The molecule has 1 saturated heterocycles. The Morgan fingerprint density at radius 3 is 2.74 bits per heavy atom. The van der Waals surface area contributed by atoms with Crippen molar-refractivity contribution in [3.8, 4) is 0 Å². The number of ketones is 1. The summed E-state index contributed by atoms with van der Waals surface area (Å²) >= 11 is 0. The van der Waals surface area contributed by atoms with Crippen molar-refractivity contribution < 1.29 is 14.3 Å². The van der Waals surface area contributed by atoms with E-state index in [0.29, 0.717) is 30.0 Å². The van der Waals surface area contributed by atoms with Crippen LogP contribution in [0.5, 0.6) is 0 Å². The number of hydrogen-bond donors (Lipinski definition) is 0. The van der Waals surface area contributed by atoms with Crippen LogP contribution in [0.1, 0.15) is 71.6 Å². The summed E-state index contributed by atoms with van der Waals surface area (Å²) in [4.78, 5) is 24.2. The maximum absolute atomic E-state index is 12.2. The zero-order chi connectivity index (χ0) is 18.6.